The zero-order valence-corrected chi connectivity index (χ0v) is 14.8. The Kier molecular flexibility index (Phi) is 5.94. The molecule has 3 atom stereocenters. The molecule has 5 nitrogen and oxygen atoms in total. The van der Waals surface area contributed by atoms with E-state index in [-0.39, 0.29) is 0 Å². The van der Waals surface area contributed by atoms with Gasteiger partial charge in [-0.2, -0.15) is 0 Å². The molecule has 1 N–H and O–H groups in total. The number of hydrogen-bond donors (Lipinski definition) is 1. The maximum Gasteiger partial charge on any atom is 0.223 e. The van der Waals surface area contributed by atoms with Crippen LogP contribution < -0.4 is 5.32 Å². The van der Waals surface area contributed by atoms with Crippen molar-refractivity contribution in [1.82, 2.24) is 15.1 Å². The molecule has 0 unspecified atom stereocenters. The standard InChI is InChI=1S/C18H33N3O2/c1-14-11-20(12-15(2)23-14)13-17-4-3-9-21(17)18(22)10-16-5-7-19-8-6-16/h14-17,19H,3-13H2,1-2H3/t14-,15-,17+/m1/s1. The van der Waals surface area contributed by atoms with Gasteiger partial charge >= 0.3 is 0 Å². The minimum Gasteiger partial charge on any atom is -0.373 e. The van der Waals surface area contributed by atoms with E-state index in [4.69, 9.17) is 4.74 Å². The van der Waals surface area contributed by atoms with E-state index in [0.717, 1.165) is 71.4 Å². The molecule has 3 saturated heterocycles. The van der Waals surface area contributed by atoms with Gasteiger partial charge in [-0.3, -0.25) is 9.69 Å². The third-order valence-electron chi connectivity index (χ3n) is 5.58. The molecule has 0 radical (unpaired) electrons. The van der Waals surface area contributed by atoms with Gasteiger partial charge in [0.1, 0.15) is 0 Å². The fraction of sp³-hybridized carbons (Fsp3) is 0.944. The van der Waals surface area contributed by atoms with Gasteiger partial charge in [0, 0.05) is 38.6 Å². The van der Waals surface area contributed by atoms with Crippen molar-refractivity contribution in [2.45, 2.75) is 64.2 Å². The highest BCUT2D eigenvalue weighted by Crippen LogP contribution is 2.24. The lowest BCUT2D eigenvalue weighted by atomic mass is 9.94. The Morgan fingerprint density at radius 1 is 1.13 bits per heavy atom. The van der Waals surface area contributed by atoms with Gasteiger partial charge in [-0.15, -0.1) is 0 Å². The van der Waals surface area contributed by atoms with Crippen LogP contribution in [0.15, 0.2) is 0 Å². The maximum absolute atomic E-state index is 12.8. The third kappa shape index (κ3) is 4.68. The summed E-state index contributed by atoms with van der Waals surface area (Å²) in [5, 5.41) is 3.39. The van der Waals surface area contributed by atoms with E-state index in [1.54, 1.807) is 0 Å². The van der Waals surface area contributed by atoms with Crippen molar-refractivity contribution in [2.75, 3.05) is 39.3 Å². The van der Waals surface area contributed by atoms with Crippen molar-refractivity contribution >= 4 is 5.91 Å². The fourth-order valence-electron chi connectivity index (χ4n) is 4.54. The molecule has 132 valence electrons. The first-order chi connectivity index (χ1) is 11.1. The number of rotatable bonds is 4. The van der Waals surface area contributed by atoms with Crippen LogP contribution >= 0.6 is 0 Å². The Morgan fingerprint density at radius 2 is 1.83 bits per heavy atom. The van der Waals surface area contributed by atoms with Crippen LogP contribution in [-0.2, 0) is 9.53 Å². The second-order valence-electron chi connectivity index (χ2n) is 7.76. The van der Waals surface area contributed by atoms with Crippen LogP contribution in [0, 0.1) is 5.92 Å². The number of ether oxygens (including phenoxy) is 1. The zero-order chi connectivity index (χ0) is 16.2. The lowest BCUT2D eigenvalue weighted by Crippen LogP contribution is -2.51. The molecule has 3 aliphatic heterocycles. The number of hydrogen-bond acceptors (Lipinski definition) is 4. The smallest absolute Gasteiger partial charge is 0.223 e. The molecule has 5 heteroatoms. The highest BCUT2D eigenvalue weighted by atomic mass is 16.5. The summed E-state index contributed by atoms with van der Waals surface area (Å²) in [5.74, 6) is 0.988. The molecule has 0 aromatic carbocycles. The van der Waals surface area contributed by atoms with Crippen molar-refractivity contribution in [2.24, 2.45) is 5.92 Å². The van der Waals surface area contributed by atoms with Crippen molar-refractivity contribution in [3.05, 3.63) is 0 Å². The number of carbonyl (C=O) groups is 1. The summed E-state index contributed by atoms with van der Waals surface area (Å²) < 4.78 is 5.83. The van der Waals surface area contributed by atoms with Crippen molar-refractivity contribution in [1.29, 1.82) is 0 Å². The normalized spacial score (nSPS) is 34.0. The monoisotopic (exact) mass is 323 g/mol. The largest absolute Gasteiger partial charge is 0.373 e. The first-order valence-corrected chi connectivity index (χ1v) is 9.50. The molecule has 0 bridgehead atoms. The van der Waals surface area contributed by atoms with Gasteiger partial charge in [-0.05, 0) is 58.5 Å². The quantitative estimate of drug-likeness (QED) is 0.851. The Hall–Kier alpha value is -0.650. The van der Waals surface area contributed by atoms with Gasteiger partial charge < -0.3 is 15.0 Å². The Labute approximate surface area is 140 Å². The molecule has 0 aromatic rings. The predicted molar refractivity (Wildman–Crippen MR) is 91.4 cm³/mol. The molecule has 0 aromatic heterocycles. The zero-order valence-electron chi connectivity index (χ0n) is 14.8. The highest BCUT2D eigenvalue weighted by Gasteiger charge is 2.33. The summed E-state index contributed by atoms with van der Waals surface area (Å²) in [5.41, 5.74) is 0. The van der Waals surface area contributed by atoms with Crippen LogP contribution in [0.25, 0.3) is 0 Å². The number of amides is 1. The van der Waals surface area contributed by atoms with Crippen LogP contribution in [0.3, 0.4) is 0 Å². The topological polar surface area (TPSA) is 44.8 Å². The lowest BCUT2D eigenvalue weighted by Gasteiger charge is -2.38. The summed E-state index contributed by atoms with van der Waals surface area (Å²) in [7, 11) is 0. The van der Waals surface area contributed by atoms with E-state index in [9.17, 15) is 4.79 Å². The molecule has 0 saturated carbocycles. The summed E-state index contributed by atoms with van der Waals surface area (Å²) in [4.78, 5) is 17.4. The Bertz CT molecular complexity index is 388. The predicted octanol–water partition coefficient (Wildman–Crippen LogP) is 1.48. The van der Waals surface area contributed by atoms with Gasteiger partial charge in [-0.1, -0.05) is 0 Å². The third-order valence-corrected chi connectivity index (χ3v) is 5.58. The average Bonchev–Trinajstić information content (AvgIpc) is 2.95. The number of nitrogens with one attached hydrogen (secondary N) is 1. The fourth-order valence-corrected chi connectivity index (χ4v) is 4.54. The minimum absolute atomic E-state index is 0.305. The maximum atomic E-state index is 12.8. The van der Waals surface area contributed by atoms with E-state index >= 15 is 0 Å². The second-order valence-corrected chi connectivity index (χ2v) is 7.76. The lowest BCUT2D eigenvalue weighted by molar-refractivity contribution is -0.134. The van der Waals surface area contributed by atoms with Gasteiger partial charge in [0.2, 0.25) is 5.91 Å². The average molecular weight is 323 g/mol. The number of morpholine rings is 1. The molecular weight excluding hydrogens is 290 g/mol. The first kappa shape index (κ1) is 17.2. The van der Waals surface area contributed by atoms with Crippen molar-refractivity contribution in [3.8, 4) is 0 Å². The van der Waals surface area contributed by atoms with Crippen LogP contribution in [0.1, 0.15) is 46.0 Å². The molecular formula is C18H33N3O2. The minimum atomic E-state index is 0.305. The SMILES string of the molecule is C[C@@H]1CN(C[C@@H]2CCCN2C(=O)CC2CCNCC2)C[C@@H](C)O1. The molecule has 0 aliphatic carbocycles. The molecule has 1 amide bonds. The van der Waals surface area contributed by atoms with Crippen LogP contribution in [0.2, 0.25) is 0 Å². The molecule has 3 fully saturated rings. The highest BCUT2D eigenvalue weighted by molar-refractivity contribution is 5.77. The second kappa shape index (κ2) is 7.95. The van der Waals surface area contributed by atoms with Crippen molar-refractivity contribution in [3.63, 3.8) is 0 Å². The van der Waals surface area contributed by atoms with E-state index in [1.165, 1.54) is 0 Å². The van der Waals surface area contributed by atoms with Gasteiger partial charge in [-0.25, -0.2) is 0 Å². The van der Waals surface area contributed by atoms with Crippen LogP contribution in [0.4, 0.5) is 0 Å². The molecule has 3 heterocycles. The van der Waals surface area contributed by atoms with Gasteiger partial charge in [0.25, 0.3) is 0 Å². The Morgan fingerprint density at radius 3 is 2.52 bits per heavy atom. The van der Waals surface area contributed by atoms with Gasteiger partial charge in [0.05, 0.1) is 12.2 Å². The van der Waals surface area contributed by atoms with E-state index in [2.05, 4.69) is 29.0 Å². The number of piperidine rings is 1. The number of likely N-dealkylation sites (tertiary alicyclic amines) is 1. The summed E-state index contributed by atoms with van der Waals surface area (Å²) >= 11 is 0. The first-order valence-electron chi connectivity index (χ1n) is 9.50. The molecule has 0 spiro atoms. The molecule has 3 aliphatic rings. The molecule has 23 heavy (non-hydrogen) atoms. The van der Waals surface area contributed by atoms with E-state index < -0.39 is 0 Å². The van der Waals surface area contributed by atoms with Crippen molar-refractivity contribution < 1.29 is 9.53 Å². The van der Waals surface area contributed by atoms with E-state index in [0.29, 0.717) is 30.1 Å². The summed E-state index contributed by atoms with van der Waals surface area (Å²) in [6.07, 6.45) is 6.01. The van der Waals surface area contributed by atoms with Gasteiger partial charge in [0.15, 0.2) is 0 Å². The summed E-state index contributed by atoms with van der Waals surface area (Å²) in [6.45, 7) is 10.4. The van der Waals surface area contributed by atoms with Crippen LogP contribution in [-0.4, -0.2) is 73.2 Å². The van der Waals surface area contributed by atoms with Crippen LogP contribution in [0.5, 0.6) is 0 Å². The van der Waals surface area contributed by atoms with E-state index in [1.807, 2.05) is 0 Å². The number of carbonyl (C=O) groups excluding carboxylic acids is 1. The Balaban J connectivity index is 1.51. The summed E-state index contributed by atoms with van der Waals surface area (Å²) in [6, 6.07) is 0.418. The number of nitrogens with zero attached hydrogens (tertiary/aromatic N) is 2. The molecule has 3 rings (SSSR count).